The van der Waals surface area contributed by atoms with E-state index in [1.165, 1.54) is 18.9 Å². The number of hydrogen-bond acceptors (Lipinski definition) is 1. The van der Waals surface area contributed by atoms with Crippen LogP contribution in [0.5, 0.6) is 0 Å². The molecule has 0 aliphatic heterocycles. The van der Waals surface area contributed by atoms with Gasteiger partial charge in [0.25, 0.3) is 0 Å². The Hall–Kier alpha value is 0.467. The van der Waals surface area contributed by atoms with Gasteiger partial charge in [-0.2, -0.15) is 0 Å². The lowest BCUT2D eigenvalue weighted by Crippen LogP contribution is -2.30. The smallest absolute Gasteiger partial charge is 0.186 e. The topological polar surface area (TPSA) is 9.23 Å². The van der Waals surface area contributed by atoms with E-state index in [9.17, 15) is 0 Å². The van der Waals surface area contributed by atoms with Crippen LogP contribution in [0.3, 0.4) is 0 Å². The normalized spacial score (nSPS) is 12.4. The first kappa shape index (κ1) is 14.5. The molecular weight excluding hydrogens is 212 g/mol. The van der Waals surface area contributed by atoms with E-state index in [1.807, 2.05) is 0 Å². The predicted molar refractivity (Wildman–Crippen MR) is 67.7 cm³/mol. The summed E-state index contributed by atoms with van der Waals surface area (Å²) in [7, 11) is -1.38. The van der Waals surface area contributed by atoms with E-state index in [2.05, 4.69) is 26.9 Å². The van der Waals surface area contributed by atoms with E-state index in [0.29, 0.717) is 0 Å². The molecule has 14 heavy (non-hydrogen) atoms. The van der Waals surface area contributed by atoms with Crippen molar-refractivity contribution in [2.45, 2.75) is 52.2 Å². The van der Waals surface area contributed by atoms with Crippen LogP contribution in [0.25, 0.3) is 0 Å². The summed E-state index contributed by atoms with van der Waals surface area (Å²) in [6.45, 7) is 10.0. The summed E-state index contributed by atoms with van der Waals surface area (Å²) in [5.74, 6) is 1.57. The molecule has 0 spiro atoms. The third kappa shape index (κ3) is 9.04. The molecule has 0 bridgehead atoms. The number of hydrogen-bond donors (Lipinski definition) is 0. The van der Waals surface area contributed by atoms with Crippen LogP contribution in [0.2, 0.25) is 19.1 Å². The molecule has 1 nitrogen and oxygen atoms in total. The third-order valence-corrected chi connectivity index (χ3v) is 5.14. The maximum Gasteiger partial charge on any atom is 0.186 e. The second-order valence-electron chi connectivity index (χ2n) is 4.94. The van der Waals surface area contributed by atoms with Crippen LogP contribution in [0.4, 0.5) is 0 Å². The van der Waals surface area contributed by atoms with Crippen molar-refractivity contribution >= 4 is 19.9 Å². The molecule has 0 aliphatic carbocycles. The van der Waals surface area contributed by atoms with E-state index >= 15 is 0 Å². The Morgan fingerprint density at radius 3 is 2.36 bits per heavy atom. The van der Waals surface area contributed by atoms with E-state index < -0.39 is 8.32 Å². The SMILES string of the molecule is CC(C)CCCO[Si](C)(C)CCCCl. The standard InChI is InChI=1S/C11H25ClOSi/c1-11(2)7-5-9-13-14(3,4)10-6-8-12/h11H,5-10H2,1-4H3. The molecule has 0 fully saturated rings. The van der Waals surface area contributed by atoms with Crippen LogP contribution < -0.4 is 0 Å². The van der Waals surface area contributed by atoms with Crippen molar-refractivity contribution in [1.29, 1.82) is 0 Å². The molecule has 86 valence electrons. The summed E-state index contributed by atoms with van der Waals surface area (Å²) >= 11 is 5.68. The zero-order chi connectivity index (χ0) is 11.0. The number of alkyl halides is 1. The first-order valence-electron chi connectivity index (χ1n) is 5.68. The first-order valence-corrected chi connectivity index (χ1v) is 9.33. The second kappa shape index (κ2) is 7.72. The Labute approximate surface area is 95.3 Å². The molecule has 0 rings (SSSR count). The van der Waals surface area contributed by atoms with Gasteiger partial charge in [0.2, 0.25) is 0 Å². The highest BCUT2D eigenvalue weighted by Crippen LogP contribution is 2.15. The van der Waals surface area contributed by atoms with Crippen molar-refractivity contribution in [2.24, 2.45) is 5.92 Å². The Morgan fingerprint density at radius 1 is 1.21 bits per heavy atom. The summed E-state index contributed by atoms with van der Waals surface area (Å²) in [6, 6.07) is 1.19. The van der Waals surface area contributed by atoms with Crippen LogP contribution in [-0.4, -0.2) is 20.8 Å². The predicted octanol–water partition coefficient (Wildman–Crippen LogP) is 4.27. The quantitative estimate of drug-likeness (QED) is 0.347. The fourth-order valence-electron chi connectivity index (χ4n) is 1.40. The van der Waals surface area contributed by atoms with Gasteiger partial charge in [-0.05, 0) is 44.3 Å². The van der Waals surface area contributed by atoms with Crippen molar-refractivity contribution in [3.05, 3.63) is 0 Å². The highest BCUT2D eigenvalue weighted by Gasteiger charge is 2.20. The fourth-order valence-corrected chi connectivity index (χ4v) is 3.63. The molecule has 0 unspecified atom stereocenters. The van der Waals surface area contributed by atoms with Gasteiger partial charge in [-0.25, -0.2) is 0 Å². The average Bonchev–Trinajstić information content (AvgIpc) is 2.09. The zero-order valence-electron chi connectivity index (χ0n) is 10.1. The van der Waals surface area contributed by atoms with Gasteiger partial charge in [-0.3, -0.25) is 0 Å². The molecule has 3 heteroatoms. The Kier molecular flexibility index (Phi) is 7.98. The van der Waals surface area contributed by atoms with E-state index in [1.54, 1.807) is 0 Å². The Morgan fingerprint density at radius 2 is 1.86 bits per heavy atom. The van der Waals surface area contributed by atoms with Gasteiger partial charge in [0.15, 0.2) is 8.32 Å². The average molecular weight is 237 g/mol. The van der Waals surface area contributed by atoms with Crippen LogP contribution in [-0.2, 0) is 4.43 Å². The van der Waals surface area contributed by atoms with Gasteiger partial charge in [0.05, 0.1) is 0 Å². The van der Waals surface area contributed by atoms with Crippen molar-refractivity contribution in [3.8, 4) is 0 Å². The molecule has 0 aromatic rings. The van der Waals surface area contributed by atoms with Gasteiger partial charge in [0.1, 0.15) is 0 Å². The minimum atomic E-state index is -1.38. The van der Waals surface area contributed by atoms with Crippen molar-refractivity contribution in [2.75, 3.05) is 12.5 Å². The van der Waals surface area contributed by atoms with Gasteiger partial charge in [-0.15, -0.1) is 11.6 Å². The molecule has 0 saturated carbocycles. The summed E-state index contributed by atoms with van der Waals surface area (Å²) in [5, 5.41) is 0. The highest BCUT2D eigenvalue weighted by atomic mass is 35.5. The molecule has 0 radical (unpaired) electrons. The number of rotatable bonds is 8. The van der Waals surface area contributed by atoms with E-state index in [4.69, 9.17) is 16.0 Å². The van der Waals surface area contributed by atoms with Gasteiger partial charge >= 0.3 is 0 Å². The van der Waals surface area contributed by atoms with Crippen LogP contribution in [0, 0.1) is 5.92 Å². The summed E-state index contributed by atoms with van der Waals surface area (Å²) in [4.78, 5) is 0. The summed E-state index contributed by atoms with van der Waals surface area (Å²) in [6.07, 6.45) is 3.58. The Balaban J connectivity index is 3.44. The molecular formula is C11H25ClOSi. The number of halogens is 1. The highest BCUT2D eigenvalue weighted by molar-refractivity contribution is 6.71. The lowest BCUT2D eigenvalue weighted by Gasteiger charge is -2.22. The van der Waals surface area contributed by atoms with Gasteiger partial charge in [-0.1, -0.05) is 13.8 Å². The molecule has 0 aliphatic rings. The van der Waals surface area contributed by atoms with Gasteiger partial charge in [0, 0.05) is 12.5 Å². The summed E-state index contributed by atoms with van der Waals surface area (Å²) in [5.41, 5.74) is 0. The van der Waals surface area contributed by atoms with Crippen molar-refractivity contribution in [1.82, 2.24) is 0 Å². The first-order chi connectivity index (χ1) is 6.48. The minimum Gasteiger partial charge on any atom is -0.417 e. The molecule has 0 atom stereocenters. The maximum atomic E-state index is 5.96. The van der Waals surface area contributed by atoms with Crippen LogP contribution >= 0.6 is 11.6 Å². The molecule has 0 aromatic carbocycles. The monoisotopic (exact) mass is 236 g/mol. The molecule has 0 amide bonds. The van der Waals surface area contributed by atoms with E-state index in [-0.39, 0.29) is 0 Å². The zero-order valence-corrected chi connectivity index (χ0v) is 11.9. The second-order valence-corrected chi connectivity index (χ2v) is 9.62. The lowest BCUT2D eigenvalue weighted by molar-refractivity contribution is 0.287. The summed E-state index contributed by atoms with van der Waals surface area (Å²) < 4.78 is 5.96. The molecule has 0 saturated heterocycles. The lowest BCUT2D eigenvalue weighted by atomic mass is 10.1. The van der Waals surface area contributed by atoms with Crippen molar-refractivity contribution in [3.63, 3.8) is 0 Å². The third-order valence-electron chi connectivity index (χ3n) is 2.33. The Bertz CT molecular complexity index is 137. The van der Waals surface area contributed by atoms with Crippen molar-refractivity contribution < 1.29 is 4.43 Å². The van der Waals surface area contributed by atoms with E-state index in [0.717, 1.165) is 24.8 Å². The molecule has 0 N–H and O–H groups in total. The minimum absolute atomic E-state index is 0.770. The van der Waals surface area contributed by atoms with Crippen LogP contribution in [0.1, 0.15) is 33.1 Å². The fraction of sp³-hybridized carbons (Fsp3) is 1.00. The maximum absolute atomic E-state index is 5.96. The molecule has 0 heterocycles. The van der Waals surface area contributed by atoms with Crippen LogP contribution in [0.15, 0.2) is 0 Å². The van der Waals surface area contributed by atoms with Gasteiger partial charge < -0.3 is 4.43 Å². The largest absolute Gasteiger partial charge is 0.417 e. The molecule has 0 aromatic heterocycles.